The van der Waals surface area contributed by atoms with Gasteiger partial charge in [0.1, 0.15) is 17.3 Å². The van der Waals surface area contributed by atoms with Crippen molar-refractivity contribution < 1.29 is 28.9 Å². The molecule has 1 aliphatic rings. The van der Waals surface area contributed by atoms with Crippen LogP contribution in [0, 0.1) is 6.92 Å². The first-order chi connectivity index (χ1) is 15.3. The van der Waals surface area contributed by atoms with Crippen LogP contribution in [0.1, 0.15) is 36.6 Å². The van der Waals surface area contributed by atoms with E-state index in [1.54, 1.807) is 43.5 Å². The molecule has 1 atom stereocenters. The molecule has 1 N–H and O–H groups in total. The van der Waals surface area contributed by atoms with Gasteiger partial charge in [-0.05, 0) is 50.6 Å². The largest absolute Gasteiger partial charge is 0.507 e. The Hall–Kier alpha value is -3.32. The molecule has 0 radical (unpaired) electrons. The molecule has 0 saturated carbocycles. The van der Waals surface area contributed by atoms with Crippen molar-refractivity contribution >= 4 is 17.4 Å². The molecule has 0 spiro atoms. The number of Topliss-reactive ketones (excluding diaryl/α,β-unsaturated/α-hetero) is 1. The Balaban J connectivity index is 2.15. The molecule has 3 rings (SSSR count). The molecule has 1 unspecified atom stereocenters. The lowest BCUT2D eigenvalue weighted by atomic mass is 9.94. The van der Waals surface area contributed by atoms with E-state index >= 15 is 0 Å². The summed E-state index contributed by atoms with van der Waals surface area (Å²) in [6, 6.07) is 11.5. The van der Waals surface area contributed by atoms with Crippen LogP contribution in [0.2, 0.25) is 0 Å². The zero-order chi connectivity index (χ0) is 23.4. The van der Waals surface area contributed by atoms with Crippen molar-refractivity contribution in [2.24, 2.45) is 0 Å². The molecule has 32 heavy (non-hydrogen) atoms. The second-order valence-electron chi connectivity index (χ2n) is 7.84. The van der Waals surface area contributed by atoms with Crippen LogP contribution >= 0.6 is 0 Å². The number of hydrogen-bond donors (Lipinski definition) is 1. The Morgan fingerprint density at radius 3 is 2.38 bits per heavy atom. The maximum atomic E-state index is 13.1. The molecule has 2 aromatic rings. The van der Waals surface area contributed by atoms with E-state index in [9.17, 15) is 14.7 Å². The SMILES string of the molecule is COc1ccc(/C(O)=C2\C(=O)C(=O)N(CCOC(C)C)C2c2ccccc2OC)cc1C. The Kier molecular flexibility index (Phi) is 7.20. The molecule has 1 saturated heterocycles. The summed E-state index contributed by atoms with van der Waals surface area (Å²) in [7, 11) is 3.09. The Bertz CT molecular complexity index is 1040. The number of carbonyl (C=O) groups is 2. The van der Waals surface area contributed by atoms with Crippen LogP contribution in [0.4, 0.5) is 0 Å². The van der Waals surface area contributed by atoms with Gasteiger partial charge in [0, 0.05) is 17.7 Å². The van der Waals surface area contributed by atoms with Crippen LogP contribution in [-0.2, 0) is 14.3 Å². The molecule has 2 aromatic carbocycles. The minimum atomic E-state index is -0.802. The minimum Gasteiger partial charge on any atom is -0.507 e. The number of aryl methyl sites for hydroxylation is 1. The van der Waals surface area contributed by atoms with Gasteiger partial charge in [0.15, 0.2) is 0 Å². The number of aliphatic hydroxyl groups excluding tert-OH is 1. The number of ether oxygens (including phenoxy) is 3. The number of nitrogens with zero attached hydrogens (tertiary/aromatic N) is 1. The number of para-hydroxylation sites is 1. The molecule has 1 amide bonds. The van der Waals surface area contributed by atoms with E-state index in [0.29, 0.717) is 22.6 Å². The van der Waals surface area contributed by atoms with Crippen LogP contribution in [0.25, 0.3) is 5.76 Å². The summed E-state index contributed by atoms with van der Waals surface area (Å²) >= 11 is 0. The van der Waals surface area contributed by atoms with Gasteiger partial charge in [-0.25, -0.2) is 0 Å². The number of ketones is 1. The number of hydrogen-bond acceptors (Lipinski definition) is 6. The monoisotopic (exact) mass is 439 g/mol. The maximum absolute atomic E-state index is 13.1. The van der Waals surface area contributed by atoms with Crippen LogP contribution in [0.5, 0.6) is 11.5 Å². The van der Waals surface area contributed by atoms with E-state index in [0.717, 1.165) is 5.56 Å². The molecule has 1 fully saturated rings. The third-order valence-electron chi connectivity index (χ3n) is 5.43. The highest BCUT2D eigenvalue weighted by atomic mass is 16.5. The maximum Gasteiger partial charge on any atom is 0.295 e. The predicted octanol–water partition coefficient (Wildman–Crippen LogP) is 3.86. The molecule has 0 bridgehead atoms. The number of rotatable bonds is 8. The van der Waals surface area contributed by atoms with Gasteiger partial charge in [0.05, 0.1) is 38.5 Å². The van der Waals surface area contributed by atoms with Crippen molar-refractivity contribution in [3.8, 4) is 11.5 Å². The summed E-state index contributed by atoms with van der Waals surface area (Å²) < 4.78 is 16.4. The molecule has 0 aliphatic carbocycles. The van der Waals surface area contributed by atoms with Gasteiger partial charge in [-0.15, -0.1) is 0 Å². The normalized spacial score (nSPS) is 17.8. The number of benzene rings is 2. The van der Waals surface area contributed by atoms with E-state index < -0.39 is 17.7 Å². The van der Waals surface area contributed by atoms with Crippen LogP contribution < -0.4 is 9.47 Å². The van der Waals surface area contributed by atoms with Gasteiger partial charge in [-0.2, -0.15) is 0 Å². The number of likely N-dealkylation sites (tertiary alicyclic amines) is 1. The molecule has 7 nitrogen and oxygen atoms in total. The van der Waals surface area contributed by atoms with Crippen LogP contribution in [0.15, 0.2) is 48.0 Å². The lowest BCUT2D eigenvalue weighted by molar-refractivity contribution is -0.140. The fourth-order valence-electron chi connectivity index (χ4n) is 3.89. The third-order valence-corrected chi connectivity index (χ3v) is 5.43. The third kappa shape index (κ3) is 4.48. The standard InChI is InChI=1S/C25H29NO6/c1-15(2)32-13-12-26-22(18-8-6-7-9-20(18)31-5)21(24(28)25(26)29)23(27)17-10-11-19(30-4)16(3)14-17/h6-11,14-15,22,27H,12-13H2,1-5H3/b23-21+. The summed E-state index contributed by atoms with van der Waals surface area (Å²) in [6.07, 6.45) is -0.0150. The van der Waals surface area contributed by atoms with Gasteiger partial charge in [0.2, 0.25) is 0 Å². The Morgan fingerprint density at radius 1 is 1.06 bits per heavy atom. The summed E-state index contributed by atoms with van der Waals surface area (Å²) in [5.74, 6) is -0.478. The minimum absolute atomic E-state index is 0.0150. The number of carbonyl (C=O) groups excluding carboxylic acids is 2. The first-order valence-corrected chi connectivity index (χ1v) is 10.5. The zero-order valence-electron chi connectivity index (χ0n) is 19.0. The van der Waals surface area contributed by atoms with Crippen molar-refractivity contribution in [3.63, 3.8) is 0 Å². The molecular weight excluding hydrogens is 410 g/mol. The lowest BCUT2D eigenvalue weighted by Crippen LogP contribution is -2.33. The fourth-order valence-corrected chi connectivity index (χ4v) is 3.89. The Labute approximate surface area is 188 Å². The van der Waals surface area contributed by atoms with E-state index in [2.05, 4.69) is 0 Å². The second kappa shape index (κ2) is 9.87. The van der Waals surface area contributed by atoms with Crippen molar-refractivity contribution in [1.29, 1.82) is 0 Å². The quantitative estimate of drug-likeness (QED) is 0.382. The molecule has 0 aromatic heterocycles. The highest BCUT2D eigenvalue weighted by Crippen LogP contribution is 2.42. The highest BCUT2D eigenvalue weighted by Gasteiger charge is 2.46. The second-order valence-corrected chi connectivity index (χ2v) is 7.84. The summed E-state index contributed by atoms with van der Waals surface area (Å²) in [6.45, 7) is 6.10. The lowest BCUT2D eigenvalue weighted by Gasteiger charge is -2.26. The van der Waals surface area contributed by atoms with E-state index in [-0.39, 0.29) is 30.6 Å². The van der Waals surface area contributed by atoms with Crippen LogP contribution in [0.3, 0.4) is 0 Å². The van der Waals surface area contributed by atoms with Crippen molar-refractivity contribution in [2.45, 2.75) is 32.9 Å². The zero-order valence-corrected chi connectivity index (χ0v) is 19.0. The number of aliphatic hydroxyl groups is 1. The number of amides is 1. The first kappa shape index (κ1) is 23.3. The van der Waals surface area contributed by atoms with Gasteiger partial charge >= 0.3 is 0 Å². The van der Waals surface area contributed by atoms with Gasteiger partial charge in [-0.1, -0.05) is 18.2 Å². The van der Waals surface area contributed by atoms with Crippen molar-refractivity contribution in [1.82, 2.24) is 4.90 Å². The van der Waals surface area contributed by atoms with Gasteiger partial charge < -0.3 is 24.2 Å². The van der Waals surface area contributed by atoms with Gasteiger partial charge in [0.25, 0.3) is 11.7 Å². The molecular formula is C25H29NO6. The topological polar surface area (TPSA) is 85.3 Å². The summed E-state index contributed by atoms with van der Waals surface area (Å²) in [5, 5.41) is 11.2. The highest BCUT2D eigenvalue weighted by molar-refractivity contribution is 6.46. The van der Waals surface area contributed by atoms with E-state index in [4.69, 9.17) is 14.2 Å². The fraction of sp³-hybridized carbons (Fsp3) is 0.360. The van der Waals surface area contributed by atoms with E-state index in [1.807, 2.05) is 26.8 Å². The first-order valence-electron chi connectivity index (χ1n) is 10.5. The van der Waals surface area contributed by atoms with Gasteiger partial charge in [-0.3, -0.25) is 9.59 Å². The predicted molar refractivity (Wildman–Crippen MR) is 121 cm³/mol. The summed E-state index contributed by atoms with van der Waals surface area (Å²) in [4.78, 5) is 27.5. The van der Waals surface area contributed by atoms with Crippen molar-refractivity contribution in [3.05, 3.63) is 64.7 Å². The molecule has 7 heteroatoms. The summed E-state index contributed by atoms with van der Waals surface area (Å²) in [5.41, 5.74) is 1.86. The van der Waals surface area contributed by atoms with E-state index in [1.165, 1.54) is 12.0 Å². The number of methoxy groups -OCH3 is 2. The molecule has 170 valence electrons. The van der Waals surface area contributed by atoms with Crippen molar-refractivity contribution in [2.75, 3.05) is 27.4 Å². The van der Waals surface area contributed by atoms with Crippen LogP contribution in [-0.4, -0.2) is 55.2 Å². The smallest absolute Gasteiger partial charge is 0.295 e. The molecule has 1 heterocycles. The Morgan fingerprint density at radius 2 is 1.75 bits per heavy atom. The average molecular weight is 440 g/mol. The molecule has 1 aliphatic heterocycles. The average Bonchev–Trinajstić information content (AvgIpc) is 3.03.